The first-order chi connectivity index (χ1) is 12.8. The standard InChI is InChI=1S/C19H17Cl3N2O3/c1-2-3-14(18(25)11-4-6-12(20)7-5-11)17(19(26)27)24-23-16-9-8-13(21)10-15(16)22/h4-10,14,17H,2-3H2,1H3,(H,26,27). The summed E-state index contributed by atoms with van der Waals surface area (Å²) in [5.41, 5.74) is 0.658. The fourth-order valence-corrected chi connectivity index (χ4v) is 3.13. The van der Waals surface area contributed by atoms with E-state index >= 15 is 0 Å². The minimum Gasteiger partial charge on any atom is -0.480 e. The van der Waals surface area contributed by atoms with E-state index in [2.05, 4.69) is 10.2 Å². The van der Waals surface area contributed by atoms with Crippen LogP contribution >= 0.6 is 34.8 Å². The van der Waals surface area contributed by atoms with E-state index in [1.165, 1.54) is 12.1 Å². The van der Waals surface area contributed by atoms with Gasteiger partial charge in [-0.3, -0.25) is 4.79 Å². The second-order valence-corrected chi connectivity index (χ2v) is 7.14. The quantitative estimate of drug-likeness (QED) is 0.386. The molecule has 2 aromatic carbocycles. The van der Waals surface area contributed by atoms with Gasteiger partial charge in [0.2, 0.25) is 0 Å². The summed E-state index contributed by atoms with van der Waals surface area (Å²) in [5.74, 6) is -2.41. The van der Waals surface area contributed by atoms with E-state index in [1.807, 2.05) is 6.92 Å². The molecular weight excluding hydrogens is 411 g/mol. The molecule has 0 aliphatic carbocycles. The predicted octanol–water partition coefficient (Wildman–Crippen LogP) is 6.48. The molecule has 8 heteroatoms. The third-order valence-corrected chi connectivity index (χ3v) is 4.69. The molecule has 0 bridgehead atoms. The van der Waals surface area contributed by atoms with Crippen molar-refractivity contribution in [2.75, 3.05) is 0 Å². The van der Waals surface area contributed by atoms with Gasteiger partial charge in [-0.2, -0.15) is 10.2 Å². The van der Waals surface area contributed by atoms with Crippen molar-refractivity contribution >= 4 is 52.2 Å². The van der Waals surface area contributed by atoms with Crippen molar-refractivity contribution in [3.05, 3.63) is 63.1 Å². The van der Waals surface area contributed by atoms with Gasteiger partial charge in [0.1, 0.15) is 5.69 Å². The summed E-state index contributed by atoms with van der Waals surface area (Å²) < 4.78 is 0. The number of carbonyl (C=O) groups excluding carboxylic acids is 1. The summed E-state index contributed by atoms with van der Waals surface area (Å²) in [6.07, 6.45) is 0.969. The lowest BCUT2D eigenvalue weighted by Gasteiger charge is -2.18. The molecule has 0 amide bonds. The van der Waals surface area contributed by atoms with E-state index in [-0.39, 0.29) is 16.5 Å². The second kappa shape index (κ2) is 9.83. The molecular formula is C19H17Cl3N2O3. The normalized spacial score (nSPS) is 13.5. The molecule has 142 valence electrons. The Bertz CT molecular complexity index is 854. The third kappa shape index (κ3) is 5.76. The Morgan fingerprint density at radius 3 is 2.22 bits per heavy atom. The van der Waals surface area contributed by atoms with Gasteiger partial charge >= 0.3 is 5.97 Å². The van der Waals surface area contributed by atoms with Crippen LogP contribution in [0.3, 0.4) is 0 Å². The van der Waals surface area contributed by atoms with E-state index in [0.717, 1.165) is 0 Å². The van der Waals surface area contributed by atoms with Crippen LogP contribution in [0.1, 0.15) is 30.1 Å². The first-order valence-electron chi connectivity index (χ1n) is 8.22. The van der Waals surface area contributed by atoms with E-state index < -0.39 is 17.9 Å². The number of hydrogen-bond acceptors (Lipinski definition) is 4. The molecule has 0 saturated heterocycles. The number of benzene rings is 2. The van der Waals surface area contributed by atoms with Gasteiger partial charge in [0.15, 0.2) is 11.8 Å². The number of Topliss-reactive ketones (excluding diaryl/α,β-unsaturated/α-hetero) is 1. The van der Waals surface area contributed by atoms with E-state index in [4.69, 9.17) is 34.8 Å². The van der Waals surface area contributed by atoms with Crippen LogP contribution < -0.4 is 0 Å². The first kappa shape index (κ1) is 21.4. The lowest BCUT2D eigenvalue weighted by molar-refractivity contribution is -0.139. The van der Waals surface area contributed by atoms with Crippen molar-refractivity contribution < 1.29 is 14.7 Å². The number of halogens is 3. The fraction of sp³-hybridized carbons (Fsp3) is 0.263. The van der Waals surface area contributed by atoms with Gasteiger partial charge in [0, 0.05) is 15.6 Å². The molecule has 2 rings (SSSR count). The Labute approximate surface area is 172 Å². The number of carbonyl (C=O) groups is 2. The molecule has 0 saturated carbocycles. The summed E-state index contributed by atoms with van der Waals surface area (Å²) in [4.78, 5) is 24.6. The molecule has 1 N–H and O–H groups in total. The minimum absolute atomic E-state index is 0.242. The maximum Gasteiger partial charge on any atom is 0.331 e. The Morgan fingerprint density at radius 2 is 1.67 bits per heavy atom. The zero-order chi connectivity index (χ0) is 20.0. The molecule has 5 nitrogen and oxygen atoms in total. The summed E-state index contributed by atoms with van der Waals surface area (Å²) >= 11 is 17.7. The zero-order valence-corrected chi connectivity index (χ0v) is 16.7. The van der Waals surface area contributed by atoms with Crippen LogP contribution in [0.4, 0.5) is 5.69 Å². The summed E-state index contributed by atoms with van der Waals surface area (Å²) in [7, 11) is 0. The van der Waals surface area contributed by atoms with Crippen LogP contribution in [0.15, 0.2) is 52.7 Å². The molecule has 0 aromatic heterocycles. The number of rotatable bonds is 8. The Kier molecular flexibility index (Phi) is 7.78. The number of carboxylic acids is 1. The number of ketones is 1. The van der Waals surface area contributed by atoms with Gasteiger partial charge in [0.05, 0.1) is 10.9 Å². The highest BCUT2D eigenvalue weighted by Gasteiger charge is 2.34. The van der Waals surface area contributed by atoms with Crippen LogP contribution in [0.5, 0.6) is 0 Å². The monoisotopic (exact) mass is 426 g/mol. The largest absolute Gasteiger partial charge is 0.480 e. The van der Waals surface area contributed by atoms with Crippen molar-refractivity contribution in [3.63, 3.8) is 0 Å². The van der Waals surface area contributed by atoms with Crippen LogP contribution in [0, 0.1) is 5.92 Å². The van der Waals surface area contributed by atoms with Gasteiger partial charge < -0.3 is 5.11 Å². The topological polar surface area (TPSA) is 79.1 Å². The Hall–Kier alpha value is -1.95. The van der Waals surface area contributed by atoms with E-state index in [1.54, 1.807) is 30.3 Å². The molecule has 0 fully saturated rings. The fourth-order valence-electron chi connectivity index (χ4n) is 2.56. The van der Waals surface area contributed by atoms with Crippen molar-refractivity contribution in [2.45, 2.75) is 25.8 Å². The Morgan fingerprint density at radius 1 is 1.04 bits per heavy atom. The molecule has 2 atom stereocenters. The van der Waals surface area contributed by atoms with Crippen LogP contribution in [-0.4, -0.2) is 22.9 Å². The summed E-state index contributed by atoms with van der Waals surface area (Å²) in [5, 5.41) is 18.6. The maximum atomic E-state index is 12.9. The summed E-state index contributed by atoms with van der Waals surface area (Å²) in [6.45, 7) is 1.87. The Balaban J connectivity index is 2.34. The molecule has 0 aliphatic rings. The summed E-state index contributed by atoms with van der Waals surface area (Å²) in [6, 6.07) is 9.56. The number of aliphatic carboxylic acids is 1. The maximum absolute atomic E-state index is 12.9. The molecule has 0 aliphatic heterocycles. The number of nitrogens with zero attached hydrogens (tertiary/aromatic N) is 2. The van der Waals surface area contributed by atoms with Gasteiger partial charge in [0.25, 0.3) is 0 Å². The SMILES string of the molecule is CCCC(C(=O)c1ccc(Cl)cc1)C(N=Nc1ccc(Cl)cc1Cl)C(=O)O. The third-order valence-electron chi connectivity index (χ3n) is 3.90. The van der Waals surface area contributed by atoms with Crippen LogP contribution in [0.25, 0.3) is 0 Å². The second-order valence-electron chi connectivity index (χ2n) is 5.86. The van der Waals surface area contributed by atoms with E-state index in [9.17, 15) is 14.7 Å². The van der Waals surface area contributed by atoms with Crippen molar-refractivity contribution in [3.8, 4) is 0 Å². The molecule has 2 aromatic rings. The van der Waals surface area contributed by atoms with E-state index in [0.29, 0.717) is 28.5 Å². The molecule has 0 radical (unpaired) electrons. The molecule has 0 spiro atoms. The average Bonchev–Trinajstić information content (AvgIpc) is 2.62. The lowest BCUT2D eigenvalue weighted by Crippen LogP contribution is -2.33. The molecule has 27 heavy (non-hydrogen) atoms. The van der Waals surface area contributed by atoms with Crippen molar-refractivity contribution in [1.82, 2.24) is 0 Å². The number of hydrogen-bond donors (Lipinski definition) is 1. The highest BCUT2D eigenvalue weighted by atomic mass is 35.5. The predicted molar refractivity (Wildman–Crippen MR) is 107 cm³/mol. The van der Waals surface area contributed by atoms with Crippen LogP contribution in [0.2, 0.25) is 15.1 Å². The lowest BCUT2D eigenvalue weighted by atomic mass is 9.87. The van der Waals surface area contributed by atoms with Gasteiger partial charge in [-0.05, 0) is 48.9 Å². The van der Waals surface area contributed by atoms with Gasteiger partial charge in [-0.15, -0.1) is 0 Å². The number of carboxylic acid groups (broad SMARTS) is 1. The smallest absolute Gasteiger partial charge is 0.331 e. The molecule has 2 unspecified atom stereocenters. The van der Waals surface area contributed by atoms with Crippen molar-refractivity contribution in [1.29, 1.82) is 0 Å². The number of azo groups is 1. The van der Waals surface area contributed by atoms with Gasteiger partial charge in [-0.25, -0.2) is 4.79 Å². The molecule has 0 heterocycles. The van der Waals surface area contributed by atoms with Crippen LogP contribution in [-0.2, 0) is 4.79 Å². The first-order valence-corrected chi connectivity index (χ1v) is 9.35. The van der Waals surface area contributed by atoms with Gasteiger partial charge in [-0.1, -0.05) is 48.1 Å². The van der Waals surface area contributed by atoms with Crippen molar-refractivity contribution in [2.24, 2.45) is 16.1 Å². The average molecular weight is 428 g/mol. The highest BCUT2D eigenvalue weighted by molar-refractivity contribution is 6.36. The highest BCUT2D eigenvalue weighted by Crippen LogP contribution is 2.29. The minimum atomic E-state index is -1.33. The zero-order valence-electron chi connectivity index (χ0n) is 14.4.